The topological polar surface area (TPSA) is 168 Å². The van der Waals surface area contributed by atoms with Crippen molar-refractivity contribution in [1.82, 2.24) is 15.6 Å². The van der Waals surface area contributed by atoms with Crippen LogP contribution in [0.15, 0.2) is 59.5 Å². The van der Waals surface area contributed by atoms with Crippen molar-refractivity contribution >= 4 is 46.1 Å². The Morgan fingerprint density at radius 3 is 2.46 bits per heavy atom. The molecular weight excluding hydrogens is 660 g/mol. The van der Waals surface area contributed by atoms with E-state index in [1.807, 2.05) is 36.6 Å². The second kappa shape index (κ2) is 16.0. The minimum atomic E-state index is -1.20. The number of amides is 2. The van der Waals surface area contributed by atoms with Gasteiger partial charge in [-0.3, -0.25) is 14.4 Å². The second-order valence-electron chi connectivity index (χ2n) is 12.0. The Bertz CT molecular complexity index is 1960. The number of aliphatic carboxylic acids is 1. The summed E-state index contributed by atoms with van der Waals surface area (Å²) in [5.41, 5.74) is 4.19. The summed E-state index contributed by atoms with van der Waals surface area (Å²) >= 11 is 1.53. The number of thioether (sulfide) groups is 1. The van der Waals surface area contributed by atoms with Gasteiger partial charge in [0.1, 0.15) is 12.1 Å². The van der Waals surface area contributed by atoms with Gasteiger partial charge >= 0.3 is 5.97 Å². The highest BCUT2D eigenvalue weighted by molar-refractivity contribution is 7.98. The van der Waals surface area contributed by atoms with E-state index in [9.17, 15) is 24.3 Å². The molecule has 1 aliphatic rings. The third-order valence-corrected chi connectivity index (χ3v) is 9.53. The molecule has 2 amide bonds. The van der Waals surface area contributed by atoms with Crippen LogP contribution in [0.1, 0.15) is 42.5 Å². The van der Waals surface area contributed by atoms with Gasteiger partial charge in [0.2, 0.25) is 23.0 Å². The number of fused-ring (bicyclic) bond motifs is 4. The number of benzene rings is 2. The lowest BCUT2D eigenvalue weighted by molar-refractivity contribution is -0.141. The van der Waals surface area contributed by atoms with Crippen molar-refractivity contribution in [2.75, 3.05) is 38.7 Å². The lowest BCUT2D eigenvalue weighted by atomic mass is 9.95. The molecule has 1 aromatic heterocycles. The number of hydrogen-bond acceptors (Lipinski definition) is 9. The highest BCUT2D eigenvalue weighted by atomic mass is 32.2. The Kier molecular flexibility index (Phi) is 11.6. The first-order chi connectivity index (χ1) is 24.1. The molecule has 5 N–H and O–H groups in total. The van der Waals surface area contributed by atoms with E-state index in [0.29, 0.717) is 59.0 Å². The number of methoxy groups -OCH3 is 3. The van der Waals surface area contributed by atoms with Crippen LogP contribution in [0, 0.1) is 0 Å². The number of ether oxygens (including phenoxy) is 3. The van der Waals surface area contributed by atoms with Gasteiger partial charge in [0.25, 0.3) is 0 Å². The van der Waals surface area contributed by atoms with Crippen LogP contribution >= 0.6 is 11.8 Å². The fraction of sp³-hybridized carbons (Fsp3) is 0.351. The second-order valence-corrected chi connectivity index (χ2v) is 13.0. The molecule has 0 radical (unpaired) electrons. The van der Waals surface area contributed by atoms with E-state index in [1.165, 1.54) is 39.0 Å². The Balaban J connectivity index is 1.53. The molecule has 0 fully saturated rings. The minimum Gasteiger partial charge on any atom is -0.493 e. The summed E-state index contributed by atoms with van der Waals surface area (Å²) in [4.78, 5) is 55.5. The zero-order valence-electron chi connectivity index (χ0n) is 28.7. The summed E-state index contributed by atoms with van der Waals surface area (Å²) in [6, 6.07) is 11.7. The molecule has 0 unspecified atom stereocenters. The van der Waals surface area contributed by atoms with Crippen LogP contribution in [0.4, 0.5) is 5.69 Å². The summed E-state index contributed by atoms with van der Waals surface area (Å²) in [5.74, 6) is -0.0890. The van der Waals surface area contributed by atoms with Crippen molar-refractivity contribution in [3.63, 3.8) is 0 Å². The number of H-pyrrole nitrogens is 1. The van der Waals surface area contributed by atoms with Crippen LogP contribution in [0.25, 0.3) is 22.0 Å². The average Bonchev–Trinajstić information content (AvgIpc) is 3.36. The van der Waals surface area contributed by atoms with Crippen molar-refractivity contribution in [2.45, 2.75) is 50.7 Å². The lowest BCUT2D eigenvalue weighted by Crippen LogP contribution is -2.49. The number of carbonyl (C=O) groups is 3. The van der Waals surface area contributed by atoms with E-state index in [0.717, 1.165) is 22.0 Å². The number of carboxylic acid groups (broad SMARTS) is 1. The van der Waals surface area contributed by atoms with E-state index in [2.05, 4.69) is 20.9 Å². The summed E-state index contributed by atoms with van der Waals surface area (Å²) in [7, 11) is 4.59. The molecule has 3 aromatic carbocycles. The minimum absolute atomic E-state index is 0.0696. The molecule has 1 aliphatic carbocycles. The van der Waals surface area contributed by atoms with Crippen molar-refractivity contribution in [2.24, 2.45) is 0 Å². The van der Waals surface area contributed by atoms with Crippen molar-refractivity contribution in [3.8, 4) is 28.4 Å². The molecule has 0 saturated heterocycles. The fourth-order valence-electron chi connectivity index (χ4n) is 6.51. The van der Waals surface area contributed by atoms with E-state index in [4.69, 9.17) is 14.2 Å². The normalized spacial score (nSPS) is 14.7. The number of nitrogens with one attached hydrogen (secondary N) is 4. The maximum atomic E-state index is 13.9. The number of carboxylic acids is 1. The van der Waals surface area contributed by atoms with Gasteiger partial charge < -0.3 is 40.3 Å². The zero-order valence-corrected chi connectivity index (χ0v) is 29.5. The summed E-state index contributed by atoms with van der Waals surface area (Å²) in [6.07, 6.45) is 5.10. The molecule has 3 atom stereocenters. The van der Waals surface area contributed by atoms with E-state index in [-0.39, 0.29) is 18.0 Å². The van der Waals surface area contributed by atoms with Gasteiger partial charge in [-0.15, -0.1) is 0 Å². The third kappa shape index (κ3) is 7.67. The molecule has 0 saturated carbocycles. The van der Waals surface area contributed by atoms with Crippen LogP contribution in [-0.2, 0) is 27.2 Å². The third-order valence-electron chi connectivity index (χ3n) is 8.89. The van der Waals surface area contributed by atoms with Gasteiger partial charge in [0.05, 0.1) is 33.1 Å². The van der Waals surface area contributed by atoms with Crippen LogP contribution in [0.2, 0.25) is 0 Å². The number of aryl methyl sites for hydroxylation is 1. The highest BCUT2D eigenvalue weighted by Gasteiger charge is 2.31. The monoisotopic (exact) mass is 702 g/mol. The summed E-state index contributed by atoms with van der Waals surface area (Å²) in [5, 5.41) is 19.8. The van der Waals surface area contributed by atoms with Gasteiger partial charge in [0, 0.05) is 36.0 Å². The van der Waals surface area contributed by atoms with Crippen molar-refractivity contribution in [3.05, 3.63) is 81.6 Å². The number of carbonyl (C=O) groups excluding carboxylic acids is 2. The number of hydrogen-bond donors (Lipinski definition) is 5. The molecule has 4 aromatic rings. The Morgan fingerprint density at radius 2 is 1.78 bits per heavy atom. The molecule has 264 valence electrons. The summed E-state index contributed by atoms with van der Waals surface area (Å²) < 4.78 is 17.1. The Hall–Kier alpha value is -5.17. The number of rotatable bonds is 14. The highest BCUT2D eigenvalue weighted by Crippen LogP contribution is 2.50. The Labute approximate surface area is 294 Å². The fourth-order valence-corrected chi connectivity index (χ4v) is 6.98. The molecule has 50 heavy (non-hydrogen) atoms. The van der Waals surface area contributed by atoms with Crippen LogP contribution in [0.5, 0.6) is 17.2 Å². The van der Waals surface area contributed by atoms with Crippen LogP contribution < -0.4 is 35.6 Å². The first-order valence-corrected chi connectivity index (χ1v) is 17.6. The quantitative estimate of drug-likeness (QED) is 0.124. The average molecular weight is 703 g/mol. The van der Waals surface area contributed by atoms with E-state index in [1.54, 1.807) is 25.4 Å². The number of anilines is 1. The predicted molar refractivity (Wildman–Crippen MR) is 195 cm³/mol. The van der Waals surface area contributed by atoms with Crippen molar-refractivity contribution < 1.29 is 33.7 Å². The smallest absolute Gasteiger partial charge is 0.326 e. The molecule has 0 spiro atoms. The number of aromatic nitrogens is 1. The van der Waals surface area contributed by atoms with Crippen LogP contribution in [-0.4, -0.2) is 73.3 Å². The maximum absolute atomic E-state index is 13.9. The van der Waals surface area contributed by atoms with Gasteiger partial charge in [-0.2, -0.15) is 11.8 Å². The number of aromatic amines is 1. The van der Waals surface area contributed by atoms with E-state index >= 15 is 0 Å². The molecule has 13 heteroatoms. The van der Waals surface area contributed by atoms with E-state index < -0.39 is 35.4 Å². The largest absolute Gasteiger partial charge is 0.493 e. The molecule has 5 rings (SSSR count). The molecule has 0 bridgehead atoms. The standard InChI is InChI=1S/C37H42N4O8S/c1-20(42)39-27-12-10-21-17-32(47-2)34(48-3)35(49-4)33(21)24-11-13-28(31(43)18-25(24)27)40-29(14-15-50-5)36(44)41-30(37(45)46)16-22-19-38-26-9-7-6-8-23(22)26/h6-9,11,13,17-19,27,29-30,38H,10,12,14-16H2,1-5H3,(H,39,42)(H,40,43)(H,41,44)(H,45,46)/t27-,29-,30-/m1/s1. The first kappa shape index (κ1) is 36.1. The van der Waals surface area contributed by atoms with Crippen LogP contribution in [0.3, 0.4) is 0 Å². The maximum Gasteiger partial charge on any atom is 0.326 e. The molecule has 1 heterocycles. The van der Waals surface area contributed by atoms with Crippen molar-refractivity contribution in [1.29, 1.82) is 0 Å². The lowest BCUT2D eigenvalue weighted by Gasteiger charge is -2.21. The SMILES string of the molecule is COc1cc2c(c(OC)c1OC)-c1ccc(N[C@H](CCSC)C(=O)N[C@H](Cc3c[nH]c4ccccc34)C(=O)O)c(=O)cc1[C@H](NC(C)=O)CC2. The van der Waals surface area contributed by atoms with Gasteiger partial charge in [-0.1, -0.05) is 24.3 Å². The number of para-hydroxylation sites is 1. The molecular formula is C37H42N4O8S. The Morgan fingerprint density at radius 1 is 1.02 bits per heavy atom. The summed E-state index contributed by atoms with van der Waals surface area (Å²) in [6.45, 7) is 1.43. The first-order valence-electron chi connectivity index (χ1n) is 16.2. The molecule has 12 nitrogen and oxygen atoms in total. The van der Waals surface area contributed by atoms with Gasteiger partial charge in [-0.25, -0.2) is 4.79 Å². The van der Waals surface area contributed by atoms with Gasteiger partial charge in [0.15, 0.2) is 11.5 Å². The predicted octanol–water partition coefficient (Wildman–Crippen LogP) is 4.69. The zero-order chi connectivity index (χ0) is 35.9. The molecule has 0 aliphatic heterocycles. The van der Waals surface area contributed by atoms with Gasteiger partial charge in [-0.05, 0) is 77.8 Å².